The second-order valence-corrected chi connectivity index (χ2v) is 6.72. The van der Waals surface area contributed by atoms with Crippen molar-refractivity contribution in [3.8, 4) is 0 Å². The van der Waals surface area contributed by atoms with Gasteiger partial charge in [0.15, 0.2) is 0 Å². The van der Waals surface area contributed by atoms with E-state index in [9.17, 15) is 9.59 Å². The molecule has 0 spiro atoms. The van der Waals surface area contributed by atoms with Crippen LogP contribution in [0.4, 0.5) is 5.69 Å². The second-order valence-electron chi connectivity index (χ2n) is 6.31. The summed E-state index contributed by atoms with van der Waals surface area (Å²) < 4.78 is 1.51. The van der Waals surface area contributed by atoms with Crippen molar-refractivity contribution in [2.45, 2.75) is 20.4 Å². The molecule has 0 fully saturated rings. The Morgan fingerprint density at radius 1 is 1.04 bits per heavy atom. The Morgan fingerprint density at radius 2 is 1.74 bits per heavy atom. The molecule has 0 aliphatic rings. The third-order valence-corrected chi connectivity index (χ3v) is 4.87. The smallest absolute Gasteiger partial charge is 0.259 e. The minimum absolute atomic E-state index is 0.139. The maximum Gasteiger partial charge on any atom is 0.259 e. The molecule has 0 unspecified atom stereocenters. The molecule has 5 heteroatoms. The van der Waals surface area contributed by atoms with E-state index in [2.05, 4.69) is 0 Å². The molecule has 0 saturated carbocycles. The van der Waals surface area contributed by atoms with Gasteiger partial charge in [0.05, 0.1) is 12.1 Å². The molecule has 3 rings (SSSR count). The van der Waals surface area contributed by atoms with Crippen LogP contribution >= 0.6 is 11.6 Å². The highest BCUT2D eigenvalue weighted by Gasteiger charge is 2.18. The highest BCUT2D eigenvalue weighted by atomic mass is 35.5. The van der Waals surface area contributed by atoms with Crippen molar-refractivity contribution in [3.63, 3.8) is 0 Å². The number of pyridine rings is 1. The lowest BCUT2D eigenvalue weighted by Crippen LogP contribution is -2.32. The number of carbonyl (C=O) groups excluding carboxylic acids is 1. The van der Waals surface area contributed by atoms with Gasteiger partial charge in [0.25, 0.3) is 11.5 Å². The normalized spacial score (nSPS) is 10.6. The molecule has 138 valence electrons. The fourth-order valence-corrected chi connectivity index (χ4v) is 3.23. The maximum atomic E-state index is 13.1. The number of rotatable bonds is 5. The molecule has 0 saturated heterocycles. The SMILES string of the molecule is CCN(C(=O)c1ccc(=O)n(Cc2ccccc2Cl)c1)c1ccccc1C. The van der Waals surface area contributed by atoms with Crippen LogP contribution in [0.2, 0.25) is 5.02 Å². The summed E-state index contributed by atoms with van der Waals surface area (Å²) in [6.45, 7) is 4.76. The van der Waals surface area contributed by atoms with E-state index in [4.69, 9.17) is 11.6 Å². The first kappa shape index (κ1) is 18.9. The minimum atomic E-state index is -0.176. The number of hydrogen-bond donors (Lipinski definition) is 0. The Labute approximate surface area is 163 Å². The molecule has 0 N–H and O–H groups in total. The number of nitrogens with zero attached hydrogens (tertiary/aromatic N) is 2. The Balaban J connectivity index is 1.95. The second kappa shape index (κ2) is 8.23. The van der Waals surface area contributed by atoms with Gasteiger partial charge in [-0.1, -0.05) is 48.0 Å². The van der Waals surface area contributed by atoms with Crippen LogP contribution in [0.25, 0.3) is 0 Å². The molecule has 0 aliphatic carbocycles. The number of aromatic nitrogens is 1. The minimum Gasteiger partial charge on any atom is -0.310 e. The van der Waals surface area contributed by atoms with Crippen LogP contribution in [0.1, 0.15) is 28.4 Å². The summed E-state index contributed by atoms with van der Waals surface area (Å²) >= 11 is 6.21. The molecule has 4 nitrogen and oxygen atoms in total. The summed E-state index contributed by atoms with van der Waals surface area (Å²) in [5.41, 5.74) is 3.01. The Morgan fingerprint density at radius 3 is 2.44 bits per heavy atom. The van der Waals surface area contributed by atoms with Crippen molar-refractivity contribution in [1.82, 2.24) is 4.57 Å². The molecule has 2 aromatic carbocycles. The molecule has 1 heterocycles. The van der Waals surface area contributed by atoms with E-state index in [1.807, 2.05) is 56.3 Å². The first-order chi connectivity index (χ1) is 13.0. The average molecular weight is 381 g/mol. The molecule has 0 aliphatic heterocycles. The molecule has 0 bridgehead atoms. The van der Waals surface area contributed by atoms with Gasteiger partial charge in [-0.25, -0.2) is 0 Å². The van der Waals surface area contributed by atoms with Crippen LogP contribution in [0.3, 0.4) is 0 Å². The number of anilines is 1. The first-order valence-electron chi connectivity index (χ1n) is 8.82. The lowest BCUT2D eigenvalue weighted by molar-refractivity contribution is 0.0987. The molecular weight excluding hydrogens is 360 g/mol. The average Bonchev–Trinajstić information content (AvgIpc) is 2.67. The number of para-hydroxylation sites is 1. The summed E-state index contributed by atoms with van der Waals surface area (Å²) in [6, 6.07) is 18.1. The molecule has 3 aromatic rings. The van der Waals surface area contributed by atoms with Gasteiger partial charge in [-0.3, -0.25) is 9.59 Å². The number of hydrogen-bond acceptors (Lipinski definition) is 2. The number of aryl methyl sites for hydroxylation is 1. The zero-order valence-electron chi connectivity index (χ0n) is 15.4. The maximum absolute atomic E-state index is 13.1. The van der Waals surface area contributed by atoms with E-state index in [0.29, 0.717) is 23.7 Å². The standard InChI is InChI=1S/C22H21ClN2O2/c1-3-25(20-11-7-4-8-16(20)2)22(27)18-12-13-21(26)24(15-18)14-17-9-5-6-10-19(17)23/h4-13,15H,3,14H2,1-2H3. The van der Waals surface area contributed by atoms with Crippen LogP contribution in [-0.2, 0) is 6.54 Å². The van der Waals surface area contributed by atoms with Gasteiger partial charge < -0.3 is 9.47 Å². The number of halogens is 1. The summed E-state index contributed by atoms with van der Waals surface area (Å²) in [4.78, 5) is 27.1. The summed E-state index contributed by atoms with van der Waals surface area (Å²) in [7, 11) is 0. The summed E-state index contributed by atoms with van der Waals surface area (Å²) in [5, 5.41) is 0.594. The third-order valence-electron chi connectivity index (χ3n) is 4.50. The van der Waals surface area contributed by atoms with Gasteiger partial charge in [-0.15, -0.1) is 0 Å². The topological polar surface area (TPSA) is 42.3 Å². The molecule has 27 heavy (non-hydrogen) atoms. The van der Waals surface area contributed by atoms with Gasteiger partial charge >= 0.3 is 0 Å². The predicted octanol–water partition coefficient (Wildman–Crippen LogP) is 4.53. The monoisotopic (exact) mass is 380 g/mol. The summed E-state index contributed by atoms with van der Waals surface area (Å²) in [6.07, 6.45) is 1.61. The number of amides is 1. The van der Waals surface area contributed by atoms with Crippen LogP contribution < -0.4 is 10.5 Å². The van der Waals surface area contributed by atoms with Crippen LogP contribution in [0, 0.1) is 6.92 Å². The van der Waals surface area contributed by atoms with E-state index in [1.54, 1.807) is 23.2 Å². The van der Waals surface area contributed by atoms with Crippen molar-refractivity contribution in [1.29, 1.82) is 0 Å². The van der Waals surface area contributed by atoms with Gasteiger partial charge in [-0.2, -0.15) is 0 Å². The quantitative estimate of drug-likeness (QED) is 0.652. The Kier molecular flexibility index (Phi) is 5.77. The molecule has 0 atom stereocenters. The largest absolute Gasteiger partial charge is 0.310 e. The zero-order chi connectivity index (χ0) is 19.4. The van der Waals surface area contributed by atoms with E-state index in [0.717, 1.165) is 16.8 Å². The fourth-order valence-electron chi connectivity index (χ4n) is 3.04. The van der Waals surface area contributed by atoms with Crippen LogP contribution in [0.5, 0.6) is 0 Å². The number of benzene rings is 2. The van der Waals surface area contributed by atoms with E-state index >= 15 is 0 Å². The van der Waals surface area contributed by atoms with Gasteiger partial charge in [-0.05, 0) is 43.2 Å². The first-order valence-corrected chi connectivity index (χ1v) is 9.20. The van der Waals surface area contributed by atoms with Crippen molar-refractivity contribution in [2.24, 2.45) is 0 Å². The van der Waals surface area contributed by atoms with Crippen molar-refractivity contribution >= 4 is 23.2 Å². The Bertz CT molecular complexity index is 1030. The zero-order valence-corrected chi connectivity index (χ0v) is 16.1. The molecule has 0 radical (unpaired) electrons. The van der Waals surface area contributed by atoms with E-state index in [1.165, 1.54) is 10.6 Å². The molecular formula is C22H21ClN2O2. The highest BCUT2D eigenvalue weighted by molar-refractivity contribution is 6.31. The van der Waals surface area contributed by atoms with Crippen molar-refractivity contribution < 1.29 is 4.79 Å². The van der Waals surface area contributed by atoms with E-state index in [-0.39, 0.29) is 11.5 Å². The number of carbonyl (C=O) groups is 1. The van der Waals surface area contributed by atoms with Crippen molar-refractivity contribution in [3.05, 3.63) is 98.9 Å². The predicted molar refractivity (Wildman–Crippen MR) is 110 cm³/mol. The summed E-state index contributed by atoms with van der Waals surface area (Å²) in [5.74, 6) is -0.139. The van der Waals surface area contributed by atoms with E-state index < -0.39 is 0 Å². The van der Waals surface area contributed by atoms with Gasteiger partial charge in [0, 0.05) is 29.5 Å². The lowest BCUT2D eigenvalue weighted by Gasteiger charge is -2.23. The fraction of sp³-hybridized carbons (Fsp3) is 0.182. The Hall–Kier alpha value is -2.85. The molecule has 1 aromatic heterocycles. The van der Waals surface area contributed by atoms with Gasteiger partial charge in [0.2, 0.25) is 0 Å². The van der Waals surface area contributed by atoms with Crippen LogP contribution in [0.15, 0.2) is 71.7 Å². The lowest BCUT2D eigenvalue weighted by atomic mass is 10.1. The third kappa shape index (κ3) is 4.12. The van der Waals surface area contributed by atoms with Crippen LogP contribution in [-0.4, -0.2) is 17.0 Å². The van der Waals surface area contributed by atoms with Crippen molar-refractivity contribution in [2.75, 3.05) is 11.4 Å². The highest BCUT2D eigenvalue weighted by Crippen LogP contribution is 2.21. The molecule has 1 amide bonds. The van der Waals surface area contributed by atoms with Gasteiger partial charge in [0.1, 0.15) is 0 Å².